The summed E-state index contributed by atoms with van der Waals surface area (Å²) in [6.45, 7) is 4.74. The third kappa shape index (κ3) is 8.40. The van der Waals surface area contributed by atoms with Crippen molar-refractivity contribution in [1.29, 1.82) is 0 Å². The van der Waals surface area contributed by atoms with Crippen molar-refractivity contribution in [2.75, 3.05) is 47.4 Å². The monoisotopic (exact) mass is 205 g/mol. The molecule has 0 rings (SSSR count). The van der Waals surface area contributed by atoms with E-state index in [9.17, 15) is 0 Å². The molecule has 0 aromatic heterocycles. The lowest BCUT2D eigenvalue weighted by atomic mass is 10.6. The maximum Gasteiger partial charge on any atom is 0.174 e. The van der Waals surface area contributed by atoms with Gasteiger partial charge in [0.25, 0.3) is 0 Å². The van der Waals surface area contributed by atoms with Crippen LogP contribution in [0.2, 0.25) is 0 Å². The highest BCUT2D eigenvalue weighted by Crippen LogP contribution is 1.96. The molecule has 0 spiro atoms. The summed E-state index contributed by atoms with van der Waals surface area (Å²) >= 11 is 0. The molecule has 1 unspecified atom stereocenters. The summed E-state index contributed by atoms with van der Waals surface area (Å²) in [7, 11) is 5.86. The predicted molar refractivity (Wildman–Crippen MR) is 56.7 cm³/mol. The van der Waals surface area contributed by atoms with Gasteiger partial charge in [-0.15, -0.1) is 0 Å². The zero-order valence-corrected chi connectivity index (χ0v) is 9.69. The van der Waals surface area contributed by atoms with Crippen LogP contribution in [0, 0.1) is 0 Å². The van der Waals surface area contributed by atoms with E-state index >= 15 is 0 Å². The second-order valence-corrected chi connectivity index (χ2v) is 3.49. The van der Waals surface area contributed by atoms with Crippen LogP contribution in [0.3, 0.4) is 0 Å². The van der Waals surface area contributed by atoms with E-state index in [0.717, 1.165) is 6.54 Å². The van der Waals surface area contributed by atoms with E-state index in [2.05, 4.69) is 4.90 Å². The number of hydrogen-bond acceptors (Lipinski definition) is 5. The van der Waals surface area contributed by atoms with Crippen LogP contribution >= 0.6 is 0 Å². The molecule has 0 aromatic carbocycles. The number of hydrogen-bond donors (Lipinski definition) is 1. The summed E-state index contributed by atoms with van der Waals surface area (Å²) in [5.41, 5.74) is 5.38. The van der Waals surface area contributed by atoms with E-state index in [-0.39, 0.29) is 6.29 Å². The fourth-order valence-corrected chi connectivity index (χ4v) is 0.920. The summed E-state index contributed by atoms with van der Waals surface area (Å²) in [6.07, 6.45) is -0.216. The van der Waals surface area contributed by atoms with Gasteiger partial charge < -0.3 is 15.4 Å². The predicted octanol–water partition coefficient (Wildman–Crippen LogP) is -0.267. The molecule has 0 aliphatic rings. The van der Waals surface area contributed by atoms with Crippen LogP contribution in [0.1, 0.15) is 6.92 Å². The molecule has 0 aliphatic heterocycles. The van der Waals surface area contributed by atoms with E-state index in [0.29, 0.717) is 19.7 Å². The average molecular weight is 205 g/mol. The van der Waals surface area contributed by atoms with Crippen molar-refractivity contribution in [2.24, 2.45) is 5.73 Å². The Bertz CT molecular complexity index is 133. The van der Waals surface area contributed by atoms with Crippen molar-refractivity contribution in [2.45, 2.75) is 13.2 Å². The first-order valence-electron chi connectivity index (χ1n) is 4.90. The minimum Gasteiger partial charge on any atom is -0.350 e. The van der Waals surface area contributed by atoms with Gasteiger partial charge in [0, 0.05) is 26.7 Å². The summed E-state index contributed by atoms with van der Waals surface area (Å²) < 4.78 is 5.42. The molecule has 5 nitrogen and oxygen atoms in total. The largest absolute Gasteiger partial charge is 0.350 e. The van der Waals surface area contributed by atoms with Crippen LogP contribution in [0.4, 0.5) is 0 Å². The summed E-state index contributed by atoms with van der Waals surface area (Å²) in [4.78, 5) is 7.45. The van der Waals surface area contributed by atoms with Crippen LogP contribution in [0.5, 0.6) is 0 Å². The standard InChI is InChI=1S/C9H23N3O2/c1-9(13-8-7-11(2)3)14-12(4)6-5-10/h9H,5-8,10H2,1-4H3. The van der Waals surface area contributed by atoms with E-state index in [1.807, 2.05) is 28.1 Å². The molecule has 14 heavy (non-hydrogen) atoms. The Hall–Kier alpha value is -0.200. The zero-order valence-electron chi connectivity index (χ0n) is 9.69. The molecule has 1 atom stereocenters. The molecule has 0 aliphatic carbocycles. The third-order valence-electron chi connectivity index (χ3n) is 1.66. The van der Waals surface area contributed by atoms with Crippen molar-refractivity contribution >= 4 is 0 Å². The first-order valence-corrected chi connectivity index (χ1v) is 4.90. The van der Waals surface area contributed by atoms with Gasteiger partial charge in [-0.1, -0.05) is 0 Å². The van der Waals surface area contributed by atoms with Crippen LogP contribution in [0.25, 0.3) is 0 Å². The van der Waals surface area contributed by atoms with Crippen LogP contribution < -0.4 is 5.73 Å². The maximum atomic E-state index is 5.42. The summed E-state index contributed by atoms with van der Waals surface area (Å²) in [6, 6.07) is 0. The van der Waals surface area contributed by atoms with E-state index in [4.69, 9.17) is 15.3 Å². The molecule has 0 saturated heterocycles. The molecule has 0 saturated carbocycles. The lowest BCUT2D eigenvalue weighted by Crippen LogP contribution is -2.31. The van der Waals surface area contributed by atoms with Gasteiger partial charge in [-0.25, -0.2) is 0 Å². The molecule has 5 heteroatoms. The molecular formula is C9H23N3O2. The Morgan fingerprint density at radius 2 is 1.86 bits per heavy atom. The summed E-state index contributed by atoms with van der Waals surface area (Å²) in [5, 5.41) is 1.69. The minimum atomic E-state index is -0.216. The van der Waals surface area contributed by atoms with Crippen LogP contribution in [0.15, 0.2) is 0 Å². The lowest BCUT2D eigenvalue weighted by molar-refractivity contribution is -0.261. The fraction of sp³-hybridized carbons (Fsp3) is 1.00. The highest BCUT2D eigenvalue weighted by molar-refractivity contribution is 4.42. The van der Waals surface area contributed by atoms with E-state index in [1.165, 1.54) is 0 Å². The highest BCUT2D eigenvalue weighted by Gasteiger charge is 2.05. The quantitative estimate of drug-likeness (QED) is 0.437. The van der Waals surface area contributed by atoms with E-state index < -0.39 is 0 Å². The van der Waals surface area contributed by atoms with Crippen molar-refractivity contribution < 1.29 is 9.57 Å². The van der Waals surface area contributed by atoms with Crippen molar-refractivity contribution in [1.82, 2.24) is 9.96 Å². The number of likely N-dealkylation sites (N-methyl/N-ethyl adjacent to an activating group) is 2. The number of hydroxylamine groups is 2. The third-order valence-corrected chi connectivity index (χ3v) is 1.66. The Morgan fingerprint density at radius 1 is 1.21 bits per heavy atom. The highest BCUT2D eigenvalue weighted by atomic mass is 16.8. The molecule has 0 aromatic rings. The molecular weight excluding hydrogens is 182 g/mol. The summed E-state index contributed by atoms with van der Waals surface area (Å²) in [5.74, 6) is 0. The van der Waals surface area contributed by atoms with Crippen LogP contribution in [-0.2, 0) is 9.57 Å². The first kappa shape index (κ1) is 13.8. The Balaban J connectivity index is 3.39. The second-order valence-electron chi connectivity index (χ2n) is 3.49. The van der Waals surface area contributed by atoms with Gasteiger partial charge in [0.2, 0.25) is 0 Å². The average Bonchev–Trinajstić information content (AvgIpc) is 2.03. The number of nitrogens with two attached hydrogens (primary N) is 1. The Labute approximate surface area is 86.7 Å². The number of nitrogens with zero attached hydrogens (tertiary/aromatic N) is 2. The first-order chi connectivity index (χ1) is 6.56. The molecule has 0 radical (unpaired) electrons. The zero-order chi connectivity index (χ0) is 11.0. The topological polar surface area (TPSA) is 51.0 Å². The van der Waals surface area contributed by atoms with Gasteiger partial charge >= 0.3 is 0 Å². The van der Waals surface area contributed by atoms with Crippen molar-refractivity contribution in [3.05, 3.63) is 0 Å². The fourth-order valence-electron chi connectivity index (χ4n) is 0.920. The van der Waals surface area contributed by atoms with Gasteiger partial charge in [-0.05, 0) is 21.0 Å². The Morgan fingerprint density at radius 3 is 2.36 bits per heavy atom. The second kappa shape index (κ2) is 8.14. The molecule has 0 heterocycles. The lowest BCUT2D eigenvalue weighted by Gasteiger charge is -2.21. The van der Waals surface area contributed by atoms with Crippen molar-refractivity contribution in [3.8, 4) is 0 Å². The number of rotatable bonds is 8. The molecule has 2 N–H and O–H groups in total. The minimum absolute atomic E-state index is 0.216. The SMILES string of the molecule is CC(OCCN(C)C)ON(C)CCN. The van der Waals surface area contributed by atoms with E-state index in [1.54, 1.807) is 5.06 Å². The van der Waals surface area contributed by atoms with Gasteiger partial charge in [-0.2, -0.15) is 5.06 Å². The number of ether oxygens (including phenoxy) is 1. The molecule has 0 fully saturated rings. The smallest absolute Gasteiger partial charge is 0.174 e. The molecule has 0 bridgehead atoms. The van der Waals surface area contributed by atoms with Gasteiger partial charge in [-0.3, -0.25) is 4.84 Å². The van der Waals surface area contributed by atoms with Crippen molar-refractivity contribution in [3.63, 3.8) is 0 Å². The molecule has 0 amide bonds. The van der Waals surface area contributed by atoms with Crippen LogP contribution in [-0.4, -0.2) is 63.6 Å². The Kier molecular flexibility index (Phi) is 8.02. The van der Waals surface area contributed by atoms with Gasteiger partial charge in [0.15, 0.2) is 6.29 Å². The van der Waals surface area contributed by atoms with Gasteiger partial charge in [0.1, 0.15) is 0 Å². The molecule has 86 valence electrons. The normalized spacial score (nSPS) is 13.9. The maximum absolute atomic E-state index is 5.42. The van der Waals surface area contributed by atoms with Gasteiger partial charge in [0.05, 0.1) is 6.61 Å².